The maximum atomic E-state index is 12.1. The van der Waals surface area contributed by atoms with Gasteiger partial charge in [-0.2, -0.15) is 5.10 Å². The number of hydrogen-bond acceptors (Lipinski definition) is 3. The predicted octanol–water partition coefficient (Wildman–Crippen LogP) is 3.77. The minimum absolute atomic E-state index is 0.303. The molecular formula is C20H24N2O3. The highest BCUT2D eigenvalue weighted by Crippen LogP contribution is 2.48. The number of nitrogens with zero attached hydrogens (tertiary/aromatic N) is 2. The molecule has 0 aliphatic heterocycles. The molecule has 0 saturated heterocycles. The van der Waals surface area contributed by atoms with Crippen LogP contribution in [0, 0.1) is 5.41 Å². The smallest absolute Gasteiger partial charge is 0.354 e. The number of methoxy groups -OCH3 is 1. The van der Waals surface area contributed by atoms with Gasteiger partial charge in [0.1, 0.15) is 0 Å². The fraction of sp³-hybridized carbons (Fsp3) is 0.500. The van der Waals surface area contributed by atoms with Crippen LogP contribution in [0.1, 0.15) is 59.4 Å². The van der Waals surface area contributed by atoms with E-state index in [9.17, 15) is 9.90 Å². The fourth-order valence-electron chi connectivity index (χ4n) is 4.67. The Hall–Kier alpha value is -2.14. The number of rotatable bonds is 4. The van der Waals surface area contributed by atoms with Crippen LogP contribution in [0.25, 0.3) is 5.69 Å². The number of aromatic nitrogens is 2. The Labute approximate surface area is 147 Å². The van der Waals surface area contributed by atoms with Gasteiger partial charge in [0, 0.05) is 18.2 Å². The minimum atomic E-state index is -0.893. The summed E-state index contributed by atoms with van der Waals surface area (Å²) in [6.45, 7) is 0.434. The standard InChI is InChI=1S/C20H24N2O3/c1-25-13-14-6-2-3-7-17(14)22-18(19(23)24)15-12-20(9-4-5-10-20)11-8-16(15)21-22/h2-3,6-7H,4-5,8-13H2,1H3,(H,23,24). The molecule has 1 N–H and O–H groups in total. The number of carbonyl (C=O) groups is 1. The number of carboxylic acids is 1. The first-order valence-electron chi connectivity index (χ1n) is 9.05. The maximum Gasteiger partial charge on any atom is 0.354 e. The number of aryl methyl sites for hydroxylation is 1. The number of benzene rings is 1. The van der Waals surface area contributed by atoms with Crippen LogP contribution >= 0.6 is 0 Å². The number of carboxylic acid groups (broad SMARTS) is 1. The maximum absolute atomic E-state index is 12.1. The summed E-state index contributed by atoms with van der Waals surface area (Å²) in [6.07, 6.45) is 7.85. The Morgan fingerprint density at radius 1 is 1.28 bits per heavy atom. The molecular weight excluding hydrogens is 316 g/mol. The Morgan fingerprint density at radius 3 is 2.76 bits per heavy atom. The van der Waals surface area contributed by atoms with Gasteiger partial charge in [-0.25, -0.2) is 9.48 Å². The number of hydrogen-bond donors (Lipinski definition) is 1. The van der Waals surface area contributed by atoms with Crippen molar-refractivity contribution in [3.8, 4) is 5.69 Å². The van der Waals surface area contributed by atoms with Gasteiger partial charge in [-0.3, -0.25) is 0 Å². The van der Waals surface area contributed by atoms with Gasteiger partial charge in [-0.15, -0.1) is 0 Å². The molecule has 5 heteroatoms. The Balaban J connectivity index is 1.83. The highest BCUT2D eigenvalue weighted by Gasteiger charge is 2.40. The van der Waals surface area contributed by atoms with Gasteiger partial charge >= 0.3 is 5.97 Å². The quantitative estimate of drug-likeness (QED) is 0.920. The van der Waals surface area contributed by atoms with Crippen LogP contribution in [-0.2, 0) is 24.2 Å². The number of ether oxygens (including phenoxy) is 1. The lowest BCUT2D eigenvalue weighted by molar-refractivity contribution is 0.0684. The second-order valence-corrected chi connectivity index (χ2v) is 7.44. The van der Waals surface area contributed by atoms with Crippen LogP contribution in [0.3, 0.4) is 0 Å². The van der Waals surface area contributed by atoms with Crippen LogP contribution in [0.15, 0.2) is 24.3 Å². The molecule has 1 heterocycles. The molecule has 5 nitrogen and oxygen atoms in total. The molecule has 0 atom stereocenters. The summed E-state index contributed by atoms with van der Waals surface area (Å²) in [5.41, 5.74) is 4.30. The fourth-order valence-corrected chi connectivity index (χ4v) is 4.67. The van der Waals surface area contributed by atoms with E-state index in [1.54, 1.807) is 11.8 Å². The Morgan fingerprint density at radius 2 is 2.04 bits per heavy atom. The van der Waals surface area contributed by atoms with Crippen molar-refractivity contribution in [3.63, 3.8) is 0 Å². The van der Waals surface area contributed by atoms with Gasteiger partial charge in [0.15, 0.2) is 5.69 Å². The number of aromatic carboxylic acids is 1. The van der Waals surface area contributed by atoms with Gasteiger partial charge in [0.2, 0.25) is 0 Å². The van der Waals surface area contributed by atoms with E-state index in [2.05, 4.69) is 0 Å². The lowest BCUT2D eigenvalue weighted by Gasteiger charge is -2.32. The average molecular weight is 340 g/mol. The molecule has 2 aliphatic rings. The van der Waals surface area contributed by atoms with Crippen molar-refractivity contribution >= 4 is 5.97 Å². The summed E-state index contributed by atoms with van der Waals surface area (Å²) in [6, 6.07) is 7.74. The average Bonchev–Trinajstić information content (AvgIpc) is 3.20. The first-order valence-corrected chi connectivity index (χ1v) is 9.05. The van der Waals surface area contributed by atoms with Crippen molar-refractivity contribution in [1.29, 1.82) is 0 Å². The van der Waals surface area contributed by atoms with Gasteiger partial charge in [0.25, 0.3) is 0 Å². The van der Waals surface area contributed by atoms with Crippen LogP contribution in [0.4, 0.5) is 0 Å². The summed E-state index contributed by atoms with van der Waals surface area (Å²) in [5, 5.41) is 14.7. The zero-order valence-corrected chi connectivity index (χ0v) is 14.6. The molecule has 0 radical (unpaired) electrons. The molecule has 0 bridgehead atoms. The highest BCUT2D eigenvalue weighted by molar-refractivity contribution is 5.89. The zero-order valence-electron chi connectivity index (χ0n) is 14.6. The van der Waals surface area contributed by atoms with Crippen molar-refractivity contribution in [2.24, 2.45) is 5.41 Å². The number of fused-ring (bicyclic) bond motifs is 1. The van der Waals surface area contributed by atoms with E-state index < -0.39 is 5.97 Å². The van der Waals surface area contributed by atoms with Crippen LogP contribution in [0.5, 0.6) is 0 Å². The van der Waals surface area contributed by atoms with E-state index in [-0.39, 0.29) is 0 Å². The molecule has 1 fully saturated rings. The molecule has 2 aromatic rings. The highest BCUT2D eigenvalue weighted by atomic mass is 16.5. The van der Waals surface area contributed by atoms with E-state index in [1.165, 1.54) is 25.7 Å². The van der Waals surface area contributed by atoms with Crippen molar-refractivity contribution in [1.82, 2.24) is 9.78 Å². The first kappa shape index (κ1) is 16.3. The molecule has 1 aromatic carbocycles. The minimum Gasteiger partial charge on any atom is -0.476 e. The molecule has 1 aromatic heterocycles. The van der Waals surface area contributed by atoms with E-state index >= 15 is 0 Å². The van der Waals surface area contributed by atoms with Crippen LogP contribution in [0.2, 0.25) is 0 Å². The summed E-state index contributed by atoms with van der Waals surface area (Å²) >= 11 is 0. The third kappa shape index (κ3) is 2.76. The predicted molar refractivity (Wildman–Crippen MR) is 94.2 cm³/mol. The molecule has 0 unspecified atom stereocenters. The SMILES string of the molecule is COCc1ccccc1-n1nc2c(c1C(=O)O)CC1(CCCC1)CC2. The third-order valence-corrected chi connectivity index (χ3v) is 5.90. The van der Waals surface area contributed by atoms with E-state index in [1.807, 2.05) is 24.3 Å². The number of para-hydroxylation sites is 1. The zero-order chi connectivity index (χ0) is 17.4. The van der Waals surface area contributed by atoms with Crippen molar-refractivity contribution in [2.45, 2.75) is 51.6 Å². The lowest BCUT2D eigenvalue weighted by atomic mass is 9.71. The van der Waals surface area contributed by atoms with Crippen LogP contribution in [-0.4, -0.2) is 28.0 Å². The van der Waals surface area contributed by atoms with E-state index in [4.69, 9.17) is 9.84 Å². The Bertz CT molecular complexity index is 803. The van der Waals surface area contributed by atoms with Crippen LogP contribution < -0.4 is 0 Å². The molecule has 1 saturated carbocycles. The summed E-state index contributed by atoms with van der Waals surface area (Å²) in [4.78, 5) is 12.1. The normalized spacial score (nSPS) is 18.4. The topological polar surface area (TPSA) is 64.4 Å². The van der Waals surface area contributed by atoms with Crippen molar-refractivity contribution in [3.05, 3.63) is 46.8 Å². The molecule has 2 aliphatic carbocycles. The summed E-state index contributed by atoms with van der Waals surface area (Å²) in [5.74, 6) is -0.893. The molecule has 0 amide bonds. The van der Waals surface area contributed by atoms with Gasteiger partial charge in [0.05, 0.1) is 18.0 Å². The Kier molecular flexibility index (Phi) is 4.12. The van der Waals surface area contributed by atoms with Crippen molar-refractivity contribution < 1.29 is 14.6 Å². The molecule has 25 heavy (non-hydrogen) atoms. The first-order chi connectivity index (χ1) is 12.1. The summed E-state index contributed by atoms with van der Waals surface area (Å²) in [7, 11) is 1.65. The molecule has 4 rings (SSSR count). The molecule has 1 spiro atoms. The van der Waals surface area contributed by atoms with E-state index in [0.29, 0.717) is 17.7 Å². The van der Waals surface area contributed by atoms with Gasteiger partial charge in [-0.1, -0.05) is 31.0 Å². The summed E-state index contributed by atoms with van der Waals surface area (Å²) < 4.78 is 6.91. The van der Waals surface area contributed by atoms with Crippen molar-refractivity contribution in [2.75, 3.05) is 7.11 Å². The third-order valence-electron chi connectivity index (χ3n) is 5.90. The monoisotopic (exact) mass is 340 g/mol. The second kappa shape index (κ2) is 6.30. The van der Waals surface area contributed by atoms with Gasteiger partial charge < -0.3 is 9.84 Å². The van der Waals surface area contributed by atoms with Gasteiger partial charge in [-0.05, 0) is 43.6 Å². The largest absolute Gasteiger partial charge is 0.476 e. The molecule has 132 valence electrons. The second-order valence-electron chi connectivity index (χ2n) is 7.44. The lowest BCUT2D eigenvalue weighted by Crippen LogP contribution is -2.26. The van der Waals surface area contributed by atoms with E-state index in [0.717, 1.165) is 41.8 Å².